The minimum Gasteiger partial charge on any atom is -0.494 e. The van der Waals surface area contributed by atoms with Crippen molar-refractivity contribution in [3.8, 4) is 12.1 Å². The Morgan fingerprint density at radius 1 is 1.24 bits per heavy atom. The zero-order valence-electron chi connectivity index (χ0n) is 16.3. The van der Waals surface area contributed by atoms with Crippen LogP contribution >= 0.6 is 0 Å². The van der Waals surface area contributed by atoms with Crippen LogP contribution in [0.15, 0.2) is 40.4 Å². The first-order valence-electron chi connectivity index (χ1n) is 9.35. The molecule has 0 aliphatic heterocycles. The van der Waals surface area contributed by atoms with Crippen LogP contribution in [0.25, 0.3) is 5.76 Å². The van der Waals surface area contributed by atoms with Crippen molar-refractivity contribution < 1.29 is 14.1 Å². The summed E-state index contributed by atoms with van der Waals surface area (Å²) in [6.07, 6.45) is 3.59. The largest absolute Gasteiger partial charge is 0.494 e. The van der Waals surface area contributed by atoms with Gasteiger partial charge in [0, 0.05) is 17.0 Å². The highest BCUT2D eigenvalue weighted by atomic mass is 16.5. The number of benzene rings is 1. The molecule has 1 amide bonds. The molecule has 2 bridgehead atoms. The van der Waals surface area contributed by atoms with Crippen molar-refractivity contribution in [2.75, 3.05) is 12.4 Å². The average molecular weight is 388 g/mol. The van der Waals surface area contributed by atoms with Crippen molar-refractivity contribution in [1.29, 1.82) is 10.5 Å². The molecule has 1 aromatic heterocycles. The Morgan fingerprint density at radius 3 is 2.45 bits per heavy atom. The van der Waals surface area contributed by atoms with Crippen LogP contribution in [0, 0.1) is 28.1 Å². The summed E-state index contributed by atoms with van der Waals surface area (Å²) >= 11 is 0. The number of ether oxygens (including phenoxy) is 1. The minimum absolute atomic E-state index is 0.100. The zero-order valence-corrected chi connectivity index (χ0v) is 16.3. The first-order valence-corrected chi connectivity index (χ1v) is 9.35. The molecule has 1 N–H and O–H groups in total. The summed E-state index contributed by atoms with van der Waals surface area (Å²) in [4.78, 5) is 12.3. The molecule has 7 nitrogen and oxygen atoms in total. The van der Waals surface area contributed by atoms with Gasteiger partial charge in [-0.1, -0.05) is 36.3 Å². The summed E-state index contributed by atoms with van der Waals surface area (Å²) in [5.74, 6) is 0.374. The fraction of sp³-hybridized carbons (Fsp3) is 0.364. The summed E-state index contributed by atoms with van der Waals surface area (Å²) in [7, 11) is 1.41. The molecule has 3 saturated carbocycles. The maximum absolute atomic E-state index is 12.3. The molecule has 0 atom stereocenters. The van der Waals surface area contributed by atoms with Gasteiger partial charge in [-0.3, -0.25) is 10.1 Å². The van der Waals surface area contributed by atoms with Crippen LogP contribution < -0.4 is 5.32 Å². The second kappa shape index (κ2) is 6.79. The Labute approximate surface area is 168 Å². The molecule has 2 aromatic rings. The standard InChI is InChI=1S/C22H20N4O3/c1-21-11-22(12-21,13-21)17-8-19(29-26-17)25-18(27)7-14-3-5-15(6-4-14)20(28-2)16(9-23)10-24/h3-6,8H,7,11-13H2,1-2H3,(H,25,27). The van der Waals surface area contributed by atoms with E-state index in [9.17, 15) is 4.79 Å². The van der Waals surface area contributed by atoms with Gasteiger partial charge in [-0.2, -0.15) is 10.5 Å². The molecule has 3 aliphatic rings. The van der Waals surface area contributed by atoms with Gasteiger partial charge in [-0.15, -0.1) is 0 Å². The number of methoxy groups -OCH3 is 1. The number of carbonyl (C=O) groups excluding carboxylic acids is 1. The fourth-order valence-corrected chi connectivity index (χ4v) is 4.78. The number of carbonyl (C=O) groups is 1. The lowest BCUT2D eigenvalue weighted by molar-refractivity contribution is -0.129. The van der Waals surface area contributed by atoms with Gasteiger partial charge < -0.3 is 9.26 Å². The molecule has 0 unspecified atom stereocenters. The van der Waals surface area contributed by atoms with Crippen molar-refractivity contribution in [2.45, 2.75) is 38.0 Å². The maximum Gasteiger partial charge on any atom is 0.231 e. The van der Waals surface area contributed by atoms with Crippen LogP contribution in [0.3, 0.4) is 0 Å². The third-order valence-corrected chi connectivity index (χ3v) is 5.85. The van der Waals surface area contributed by atoms with E-state index in [1.165, 1.54) is 7.11 Å². The number of anilines is 1. The topological polar surface area (TPSA) is 112 Å². The second-order valence-corrected chi connectivity index (χ2v) is 8.25. The summed E-state index contributed by atoms with van der Waals surface area (Å²) in [6, 6.07) is 12.4. The van der Waals surface area contributed by atoms with Crippen molar-refractivity contribution in [2.24, 2.45) is 5.41 Å². The molecule has 5 rings (SSSR count). The monoisotopic (exact) mass is 388 g/mol. The number of allylic oxidation sites excluding steroid dienone is 1. The molecule has 7 heteroatoms. The van der Waals surface area contributed by atoms with Crippen molar-refractivity contribution in [1.82, 2.24) is 5.16 Å². The lowest BCUT2D eigenvalue weighted by Crippen LogP contribution is -2.62. The maximum atomic E-state index is 12.3. The van der Waals surface area contributed by atoms with E-state index in [1.54, 1.807) is 24.3 Å². The van der Waals surface area contributed by atoms with E-state index < -0.39 is 0 Å². The van der Waals surface area contributed by atoms with Gasteiger partial charge in [0.15, 0.2) is 11.3 Å². The predicted molar refractivity (Wildman–Crippen MR) is 104 cm³/mol. The Balaban J connectivity index is 1.38. The molecular formula is C22H20N4O3. The quantitative estimate of drug-likeness (QED) is 0.596. The molecule has 146 valence electrons. The average Bonchev–Trinajstić information content (AvgIpc) is 3.11. The number of aromatic nitrogens is 1. The van der Waals surface area contributed by atoms with Gasteiger partial charge in [0.1, 0.15) is 12.1 Å². The molecule has 0 radical (unpaired) electrons. The van der Waals surface area contributed by atoms with E-state index in [2.05, 4.69) is 17.4 Å². The lowest BCUT2D eigenvalue weighted by atomic mass is 9.35. The molecular weight excluding hydrogens is 368 g/mol. The molecule has 0 spiro atoms. The van der Waals surface area contributed by atoms with Gasteiger partial charge >= 0.3 is 0 Å². The molecule has 0 saturated heterocycles. The normalized spacial score (nSPS) is 23.6. The highest BCUT2D eigenvalue weighted by molar-refractivity contribution is 5.91. The predicted octanol–water partition coefficient (Wildman–Crippen LogP) is 3.70. The van der Waals surface area contributed by atoms with Crippen LogP contribution in [0.2, 0.25) is 0 Å². The highest BCUT2D eigenvalue weighted by Crippen LogP contribution is 2.73. The van der Waals surface area contributed by atoms with Crippen LogP contribution in [-0.4, -0.2) is 18.2 Å². The minimum atomic E-state index is -0.206. The number of nitriles is 2. The van der Waals surface area contributed by atoms with Gasteiger partial charge in [0.25, 0.3) is 0 Å². The van der Waals surface area contributed by atoms with Crippen LogP contribution in [-0.2, 0) is 21.4 Å². The third-order valence-electron chi connectivity index (χ3n) is 5.85. The van der Waals surface area contributed by atoms with Crippen molar-refractivity contribution >= 4 is 17.6 Å². The summed E-state index contributed by atoms with van der Waals surface area (Å²) in [5.41, 5.74) is 2.86. The summed E-state index contributed by atoms with van der Waals surface area (Å²) in [5, 5.41) is 24.9. The van der Waals surface area contributed by atoms with Gasteiger partial charge in [-0.05, 0) is 30.2 Å². The van der Waals surface area contributed by atoms with E-state index in [-0.39, 0.29) is 29.1 Å². The first kappa shape index (κ1) is 18.8. The molecule has 3 aliphatic carbocycles. The summed E-state index contributed by atoms with van der Waals surface area (Å²) in [6.45, 7) is 2.29. The van der Waals surface area contributed by atoms with Crippen LogP contribution in [0.1, 0.15) is 43.0 Å². The van der Waals surface area contributed by atoms with Gasteiger partial charge in [-0.25, -0.2) is 0 Å². The third kappa shape index (κ3) is 3.25. The number of rotatable bonds is 6. The Hall–Kier alpha value is -3.58. The fourth-order valence-electron chi connectivity index (χ4n) is 4.78. The van der Waals surface area contributed by atoms with E-state index in [0.29, 0.717) is 16.9 Å². The zero-order chi connectivity index (χ0) is 20.6. The van der Waals surface area contributed by atoms with E-state index in [0.717, 1.165) is 30.5 Å². The molecule has 3 fully saturated rings. The number of nitrogens with one attached hydrogen (secondary N) is 1. The number of amides is 1. The number of hydrogen-bond acceptors (Lipinski definition) is 6. The van der Waals surface area contributed by atoms with E-state index >= 15 is 0 Å². The van der Waals surface area contributed by atoms with E-state index in [4.69, 9.17) is 19.8 Å². The number of hydrogen-bond donors (Lipinski definition) is 1. The van der Waals surface area contributed by atoms with Crippen LogP contribution in [0.4, 0.5) is 5.88 Å². The smallest absolute Gasteiger partial charge is 0.231 e. The Morgan fingerprint density at radius 2 is 1.90 bits per heavy atom. The second-order valence-electron chi connectivity index (χ2n) is 8.25. The number of nitrogens with zero attached hydrogens (tertiary/aromatic N) is 3. The molecule has 1 heterocycles. The Kier molecular flexibility index (Phi) is 4.39. The molecule has 1 aromatic carbocycles. The highest BCUT2D eigenvalue weighted by Gasteiger charge is 2.66. The Bertz CT molecular complexity index is 1050. The summed E-state index contributed by atoms with van der Waals surface area (Å²) < 4.78 is 10.5. The lowest BCUT2D eigenvalue weighted by Gasteiger charge is -2.68. The van der Waals surface area contributed by atoms with Gasteiger partial charge in [0.05, 0.1) is 19.2 Å². The molecule has 29 heavy (non-hydrogen) atoms. The van der Waals surface area contributed by atoms with Crippen molar-refractivity contribution in [3.05, 3.63) is 52.7 Å². The SMILES string of the molecule is COC(=C(C#N)C#N)c1ccc(CC(=O)Nc2cc(C34CC(C)(C3)C4)no2)cc1. The van der Waals surface area contributed by atoms with E-state index in [1.807, 2.05) is 18.2 Å². The first-order chi connectivity index (χ1) is 13.9. The van der Waals surface area contributed by atoms with Crippen LogP contribution in [0.5, 0.6) is 0 Å². The van der Waals surface area contributed by atoms with Crippen molar-refractivity contribution in [3.63, 3.8) is 0 Å². The van der Waals surface area contributed by atoms with Gasteiger partial charge in [0.2, 0.25) is 11.8 Å².